The molecule has 0 radical (unpaired) electrons. The lowest BCUT2D eigenvalue weighted by Gasteiger charge is -2.04. The van der Waals surface area contributed by atoms with E-state index in [9.17, 15) is 9.59 Å². The van der Waals surface area contributed by atoms with Crippen LogP contribution in [-0.2, 0) is 11.3 Å². The van der Waals surface area contributed by atoms with Gasteiger partial charge in [0.2, 0.25) is 0 Å². The van der Waals surface area contributed by atoms with Crippen molar-refractivity contribution >= 4 is 22.8 Å². The molecule has 0 saturated heterocycles. The van der Waals surface area contributed by atoms with Crippen LogP contribution >= 0.6 is 0 Å². The molecular formula is C13H14N2O3. The van der Waals surface area contributed by atoms with Gasteiger partial charge >= 0.3 is 5.97 Å². The molecular weight excluding hydrogens is 232 g/mol. The number of carboxylic acid groups (broad SMARTS) is 1. The minimum atomic E-state index is -0.836. The van der Waals surface area contributed by atoms with Gasteiger partial charge < -0.3 is 9.67 Å². The van der Waals surface area contributed by atoms with Crippen molar-refractivity contribution in [1.82, 2.24) is 9.55 Å². The van der Waals surface area contributed by atoms with Crippen LogP contribution in [0.3, 0.4) is 0 Å². The molecule has 0 fully saturated rings. The van der Waals surface area contributed by atoms with Crippen molar-refractivity contribution in [2.75, 3.05) is 0 Å². The van der Waals surface area contributed by atoms with Gasteiger partial charge in [-0.3, -0.25) is 9.59 Å². The molecule has 1 aromatic heterocycles. The summed E-state index contributed by atoms with van der Waals surface area (Å²) in [7, 11) is 0. The molecule has 0 unspecified atom stereocenters. The molecule has 0 amide bonds. The zero-order chi connectivity index (χ0) is 13.3. The Morgan fingerprint density at radius 2 is 2.11 bits per heavy atom. The molecule has 0 saturated carbocycles. The third-order valence-corrected chi connectivity index (χ3v) is 2.89. The fraction of sp³-hybridized carbons (Fsp3) is 0.308. The number of nitrogens with zero attached hydrogens (tertiary/aromatic N) is 2. The fourth-order valence-corrected chi connectivity index (χ4v) is 1.96. The normalized spacial score (nSPS) is 10.8. The summed E-state index contributed by atoms with van der Waals surface area (Å²) >= 11 is 0. The summed E-state index contributed by atoms with van der Waals surface area (Å²) in [6, 6.07) is 5.29. The highest BCUT2D eigenvalue weighted by atomic mass is 16.4. The predicted molar refractivity (Wildman–Crippen MR) is 66.7 cm³/mol. The maximum atomic E-state index is 11.3. The number of aryl methyl sites for hydroxylation is 2. The number of aliphatic carboxylic acids is 1. The molecule has 18 heavy (non-hydrogen) atoms. The molecule has 0 aliphatic heterocycles. The van der Waals surface area contributed by atoms with Gasteiger partial charge in [-0.15, -0.1) is 0 Å². The van der Waals surface area contributed by atoms with E-state index in [-0.39, 0.29) is 12.2 Å². The van der Waals surface area contributed by atoms with Gasteiger partial charge in [0.15, 0.2) is 5.78 Å². The van der Waals surface area contributed by atoms with Crippen LogP contribution in [0.15, 0.2) is 18.2 Å². The zero-order valence-electron chi connectivity index (χ0n) is 10.3. The van der Waals surface area contributed by atoms with Gasteiger partial charge in [-0.05, 0) is 32.0 Å². The first kappa shape index (κ1) is 12.3. The van der Waals surface area contributed by atoms with Crippen LogP contribution in [0.5, 0.6) is 0 Å². The van der Waals surface area contributed by atoms with E-state index in [1.807, 2.05) is 17.6 Å². The number of hydrogen-bond donors (Lipinski definition) is 1. The van der Waals surface area contributed by atoms with E-state index in [0.29, 0.717) is 12.1 Å². The minimum Gasteiger partial charge on any atom is -0.481 e. The van der Waals surface area contributed by atoms with Gasteiger partial charge in [0, 0.05) is 12.1 Å². The molecule has 94 valence electrons. The summed E-state index contributed by atoms with van der Waals surface area (Å²) in [6.45, 7) is 3.72. The Hall–Kier alpha value is -2.17. The molecule has 1 N–H and O–H groups in total. The number of Topliss-reactive ketones (excluding diaryl/α,β-unsaturated/α-hetero) is 1. The average molecular weight is 246 g/mol. The maximum Gasteiger partial charge on any atom is 0.305 e. The second-order valence-corrected chi connectivity index (χ2v) is 4.21. The van der Waals surface area contributed by atoms with E-state index >= 15 is 0 Å². The number of aromatic nitrogens is 2. The van der Waals surface area contributed by atoms with E-state index in [4.69, 9.17) is 5.11 Å². The van der Waals surface area contributed by atoms with Gasteiger partial charge in [-0.2, -0.15) is 0 Å². The van der Waals surface area contributed by atoms with Crippen molar-refractivity contribution in [2.24, 2.45) is 0 Å². The molecule has 2 rings (SSSR count). The van der Waals surface area contributed by atoms with Gasteiger partial charge in [0.05, 0.1) is 17.5 Å². The summed E-state index contributed by atoms with van der Waals surface area (Å²) in [4.78, 5) is 26.2. The highest BCUT2D eigenvalue weighted by molar-refractivity contribution is 5.97. The smallest absolute Gasteiger partial charge is 0.305 e. The summed E-state index contributed by atoms with van der Waals surface area (Å²) < 4.78 is 1.85. The van der Waals surface area contributed by atoms with Crippen LogP contribution in [0, 0.1) is 6.92 Å². The minimum absolute atomic E-state index is 0.00496. The highest BCUT2D eigenvalue weighted by Gasteiger charge is 2.10. The van der Waals surface area contributed by atoms with E-state index < -0.39 is 5.97 Å². The number of rotatable bonds is 4. The molecule has 5 heteroatoms. The lowest BCUT2D eigenvalue weighted by atomic mass is 10.1. The second kappa shape index (κ2) is 4.60. The Morgan fingerprint density at radius 1 is 1.39 bits per heavy atom. The van der Waals surface area contributed by atoms with Crippen LogP contribution in [0.2, 0.25) is 0 Å². The number of imidazole rings is 1. The monoisotopic (exact) mass is 246 g/mol. The Labute approximate surface area is 104 Å². The van der Waals surface area contributed by atoms with Crippen molar-refractivity contribution in [3.05, 3.63) is 29.6 Å². The summed E-state index contributed by atoms with van der Waals surface area (Å²) in [6.07, 6.45) is 0.0563. The topological polar surface area (TPSA) is 72.2 Å². The number of benzene rings is 1. The lowest BCUT2D eigenvalue weighted by Crippen LogP contribution is -2.06. The Bertz CT molecular complexity index is 628. The van der Waals surface area contributed by atoms with Crippen LogP contribution < -0.4 is 0 Å². The van der Waals surface area contributed by atoms with Crippen molar-refractivity contribution in [3.63, 3.8) is 0 Å². The number of ketones is 1. The predicted octanol–water partition coefficient (Wildman–Crippen LogP) is 2.02. The van der Waals surface area contributed by atoms with E-state index in [1.165, 1.54) is 6.92 Å². The molecule has 0 bridgehead atoms. The van der Waals surface area contributed by atoms with Crippen LogP contribution in [-0.4, -0.2) is 26.4 Å². The standard InChI is InChI=1S/C13H14N2O3/c1-8(16)10-3-4-12-11(7-10)14-9(2)15(12)6-5-13(17)18/h3-4,7H,5-6H2,1-2H3,(H,17,18). The zero-order valence-corrected chi connectivity index (χ0v) is 10.3. The molecule has 1 aromatic carbocycles. The number of carbonyl (C=O) groups is 2. The summed E-state index contributed by atoms with van der Waals surface area (Å²) in [5.41, 5.74) is 2.20. The number of carboxylic acids is 1. The third-order valence-electron chi connectivity index (χ3n) is 2.89. The van der Waals surface area contributed by atoms with Gasteiger partial charge in [-0.1, -0.05) is 0 Å². The van der Waals surface area contributed by atoms with E-state index in [2.05, 4.69) is 4.98 Å². The second-order valence-electron chi connectivity index (χ2n) is 4.21. The number of hydrogen-bond acceptors (Lipinski definition) is 3. The summed E-state index contributed by atoms with van der Waals surface area (Å²) in [5.74, 6) is -0.0850. The number of fused-ring (bicyclic) bond motifs is 1. The van der Waals surface area contributed by atoms with Gasteiger partial charge in [0.25, 0.3) is 0 Å². The molecule has 1 heterocycles. The maximum absolute atomic E-state index is 11.3. The molecule has 0 atom stereocenters. The molecule has 0 spiro atoms. The van der Waals surface area contributed by atoms with Gasteiger partial charge in [0.1, 0.15) is 5.82 Å². The first-order valence-electron chi connectivity index (χ1n) is 5.68. The van der Waals surface area contributed by atoms with Gasteiger partial charge in [-0.25, -0.2) is 4.98 Å². The summed E-state index contributed by atoms with van der Waals surface area (Å²) in [5, 5.41) is 8.71. The Morgan fingerprint density at radius 3 is 2.72 bits per heavy atom. The molecule has 0 aliphatic rings. The van der Waals surface area contributed by atoms with E-state index in [0.717, 1.165) is 16.9 Å². The highest BCUT2D eigenvalue weighted by Crippen LogP contribution is 2.18. The van der Waals surface area contributed by atoms with Crippen molar-refractivity contribution < 1.29 is 14.7 Å². The molecule has 5 nitrogen and oxygen atoms in total. The Balaban J connectivity index is 2.45. The SMILES string of the molecule is CC(=O)c1ccc2c(c1)nc(C)n2CCC(=O)O. The quantitative estimate of drug-likeness (QED) is 0.838. The van der Waals surface area contributed by atoms with E-state index in [1.54, 1.807) is 12.1 Å². The lowest BCUT2D eigenvalue weighted by molar-refractivity contribution is -0.137. The number of carbonyl (C=O) groups excluding carboxylic acids is 1. The largest absolute Gasteiger partial charge is 0.481 e. The van der Waals surface area contributed by atoms with Crippen LogP contribution in [0.1, 0.15) is 29.5 Å². The van der Waals surface area contributed by atoms with Crippen molar-refractivity contribution in [1.29, 1.82) is 0 Å². The first-order chi connectivity index (χ1) is 8.49. The fourth-order valence-electron chi connectivity index (χ4n) is 1.96. The van der Waals surface area contributed by atoms with Crippen LogP contribution in [0.25, 0.3) is 11.0 Å². The van der Waals surface area contributed by atoms with Crippen molar-refractivity contribution in [2.45, 2.75) is 26.8 Å². The molecule has 2 aromatic rings. The third kappa shape index (κ3) is 2.25. The average Bonchev–Trinajstić information content (AvgIpc) is 2.60. The first-order valence-corrected chi connectivity index (χ1v) is 5.68. The van der Waals surface area contributed by atoms with Crippen LogP contribution in [0.4, 0.5) is 0 Å². The molecule has 0 aliphatic carbocycles. The van der Waals surface area contributed by atoms with Crippen molar-refractivity contribution in [3.8, 4) is 0 Å². The Kier molecular flexibility index (Phi) is 3.14.